The molecule has 3 aromatic heterocycles. The number of nitrogen functional groups attached to an aromatic ring is 2. The van der Waals surface area contributed by atoms with Crippen molar-refractivity contribution in [3.63, 3.8) is 0 Å². The van der Waals surface area contributed by atoms with Gasteiger partial charge in [-0.1, -0.05) is 0 Å². The van der Waals surface area contributed by atoms with E-state index in [0.29, 0.717) is 5.95 Å². The minimum atomic E-state index is 0.0980. The van der Waals surface area contributed by atoms with Gasteiger partial charge in [-0.15, -0.1) is 5.10 Å². The lowest BCUT2D eigenvalue weighted by atomic mass is 10.4. The Morgan fingerprint density at radius 2 is 1.92 bits per heavy atom. The third-order valence-electron chi connectivity index (χ3n) is 3.74. The number of hydrogen-bond acceptors (Lipinski definition) is 10. The van der Waals surface area contributed by atoms with Crippen LogP contribution in [0.2, 0.25) is 0 Å². The predicted molar refractivity (Wildman–Crippen MR) is 94.4 cm³/mol. The van der Waals surface area contributed by atoms with E-state index < -0.39 is 0 Å². The minimum absolute atomic E-state index is 0.0980. The maximum Gasteiger partial charge on any atom is 0.240 e. The van der Waals surface area contributed by atoms with Crippen molar-refractivity contribution in [1.29, 1.82) is 5.26 Å². The van der Waals surface area contributed by atoms with E-state index in [9.17, 15) is 0 Å². The van der Waals surface area contributed by atoms with Crippen LogP contribution in [0.1, 0.15) is 18.4 Å². The summed E-state index contributed by atoms with van der Waals surface area (Å²) in [4.78, 5) is 18.1. The Labute approximate surface area is 149 Å². The number of nitriles is 1. The lowest BCUT2D eigenvalue weighted by Crippen LogP contribution is -2.20. The predicted octanol–water partition coefficient (Wildman–Crippen LogP) is 0.246. The van der Waals surface area contributed by atoms with Crippen LogP contribution in [0, 0.1) is 11.3 Å². The zero-order valence-electron chi connectivity index (χ0n) is 14.2. The van der Waals surface area contributed by atoms with Gasteiger partial charge in [0.2, 0.25) is 17.8 Å². The van der Waals surface area contributed by atoms with Crippen LogP contribution in [-0.4, -0.2) is 49.7 Å². The van der Waals surface area contributed by atoms with Crippen LogP contribution in [-0.2, 0) is 0 Å². The van der Waals surface area contributed by atoms with Crippen LogP contribution in [0.3, 0.4) is 0 Å². The maximum atomic E-state index is 8.49. The number of ether oxygens (including phenoxy) is 1. The molecule has 0 amide bonds. The first-order valence-electron chi connectivity index (χ1n) is 7.90. The van der Waals surface area contributed by atoms with Gasteiger partial charge in [-0.05, 0) is 12.8 Å². The van der Waals surface area contributed by atoms with E-state index in [2.05, 4.69) is 29.9 Å². The fourth-order valence-corrected chi connectivity index (χ4v) is 2.58. The van der Waals surface area contributed by atoms with Crippen molar-refractivity contribution < 1.29 is 4.74 Å². The van der Waals surface area contributed by atoms with Crippen LogP contribution in [0.4, 0.5) is 17.7 Å². The fourth-order valence-electron chi connectivity index (χ4n) is 2.58. The van der Waals surface area contributed by atoms with Gasteiger partial charge in [0.05, 0.1) is 13.3 Å². The summed E-state index contributed by atoms with van der Waals surface area (Å²) >= 11 is 0. The lowest BCUT2D eigenvalue weighted by Gasteiger charge is -2.15. The SMILES string of the molecule is COc1nc(N)ncc1C#N.Nc1nc2c(N3CCCC3)nccn2n1. The van der Waals surface area contributed by atoms with Crippen molar-refractivity contribution in [2.24, 2.45) is 0 Å². The quantitative estimate of drug-likeness (QED) is 0.653. The van der Waals surface area contributed by atoms with E-state index in [1.807, 2.05) is 6.07 Å². The van der Waals surface area contributed by atoms with Gasteiger partial charge in [-0.2, -0.15) is 15.2 Å². The van der Waals surface area contributed by atoms with Gasteiger partial charge in [-0.3, -0.25) is 0 Å². The summed E-state index contributed by atoms with van der Waals surface area (Å²) in [6.45, 7) is 2.08. The fraction of sp³-hybridized carbons (Fsp3) is 0.333. The van der Waals surface area contributed by atoms with Crippen molar-refractivity contribution in [1.82, 2.24) is 29.5 Å². The molecule has 1 fully saturated rings. The van der Waals surface area contributed by atoms with Crippen molar-refractivity contribution in [2.75, 3.05) is 36.6 Å². The second-order valence-electron chi connectivity index (χ2n) is 5.45. The first-order valence-corrected chi connectivity index (χ1v) is 7.90. The van der Waals surface area contributed by atoms with Crippen LogP contribution >= 0.6 is 0 Å². The summed E-state index contributed by atoms with van der Waals surface area (Å²) < 4.78 is 6.44. The molecule has 4 heterocycles. The Morgan fingerprint density at radius 1 is 1.15 bits per heavy atom. The van der Waals surface area contributed by atoms with Crippen molar-refractivity contribution in [2.45, 2.75) is 12.8 Å². The highest BCUT2D eigenvalue weighted by molar-refractivity contribution is 5.65. The van der Waals surface area contributed by atoms with Gasteiger partial charge in [0.25, 0.3) is 0 Å². The molecule has 4 rings (SSSR count). The molecular formula is C15H18N10O. The second kappa shape index (κ2) is 7.47. The average Bonchev–Trinajstić information content (AvgIpc) is 3.30. The smallest absolute Gasteiger partial charge is 0.240 e. The highest BCUT2D eigenvalue weighted by Crippen LogP contribution is 2.21. The molecule has 11 heteroatoms. The molecule has 134 valence electrons. The maximum absolute atomic E-state index is 8.49. The zero-order chi connectivity index (χ0) is 18.5. The largest absolute Gasteiger partial charge is 0.480 e. The van der Waals surface area contributed by atoms with Gasteiger partial charge < -0.3 is 21.1 Å². The Hall–Kier alpha value is -3.68. The van der Waals surface area contributed by atoms with Crippen LogP contribution in [0.25, 0.3) is 5.65 Å². The van der Waals surface area contributed by atoms with Crippen LogP contribution in [0.5, 0.6) is 5.88 Å². The van der Waals surface area contributed by atoms with E-state index in [-0.39, 0.29) is 17.4 Å². The van der Waals surface area contributed by atoms with Crippen molar-refractivity contribution >= 4 is 23.4 Å². The zero-order valence-corrected chi connectivity index (χ0v) is 14.2. The molecule has 0 atom stereocenters. The molecule has 0 bridgehead atoms. The van der Waals surface area contributed by atoms with Crippen molar-refractivity contribution in [3.8, 4) is 11.9 Å². The first kappa shape index (κ1) is 17.2. The standard InChI is InChI=1S/C9H12N6.C6H6N4O/c10-9-12-8-7(14-4-1-2-5-14)11-3-6-15(8)13-9;1-11-5-4(2-7)3-9-6(8)10-5/h3,6H,1-2,4-5H2,(H2,10,13);3H,1H3,(H2,8,9,10). The van der Waals surface area contributed by atoms with E-state index >= 15 is 0 Å². The van der Waals surface area contributed by atoms with Gasteiger partial charge in [0.15, 0.2) is 11.5 Å². The summed E-state index contributed by atoms with van der Waals surface area (Å²) in [5, 5.41) is 12.6. The second-order valence-corrected chi connectivity index (χ2v) is 5.45. The monoisotopic (exact) mass is 354 g/mol. The minimum Gasteiger partial charge on any atom is -0.480 e. The number of nitrogens with two attached hydrogens (primary N) is 2. The molecule has 26 heavy (non-hydrogen) atoms. The number of fused-ring (bicyclic) bond motifs is 1. The molecule has 0 aliphatic carbocycles. The van der Waals surface area contributed by atoms with E-state index in [0.717, 1.165) is 24.6 Å². The van der Waals surface area contributed by atoms with Crippen LogP contribution in [0.15, 0.2) is 18.6 Å². The highest BCUT2D eigenvalue weighted by atomic mass is 16.5. The summed E-state index contributed by atoms with van der Waals surface area (Å²) in [7, 11) is 1.42. The third-order valence-corrected chi connectivity index (χ3v) is 3.74. The number of hydrogen-bond donors (Lipinski definition) is 2. The Balaban J connectivity index is 0.000000160. The molecule has 11 nitrogen and oxygen atoms in total. The molecular weight excluding hydrogens is 336 g/mol. The Kier molecular flexibility index (Phi) is 4.93. The normalized spacial score (nSPS) is 13.2. The van der Waals surface area contributed by atoms with Gasteiger partial charge >= 0.3 is 0 Å². The average molecular weight is 354 g/mol. The molecule has 0 aromatic carbocycles. The number of nitrogens with zero attached hydrogens (tertiary/aromatic N) is 8. The number of anilines is 3. The van der Waals surface area contributed by atoms with Gasteiger partial charge in [0, 0.05) is 25.5 Å². The summed E-state index contributed by atoms with van der Waals surface area (Å²) in [6.07, 6.45) is 7.24. The lowest BCUT2D eigenvalue weighted by molar-refractivity contribution is 0.396. The first-order chi connectivity index (χ1) is 12.6. The molecule has 4 N–H and O–H groups in total. The topological polar surface area (TPSA) is 157 Å². The summed E-state index contributed by atoms with van der Waals surface area (Å²) in [5.41, 5.74) is 11.8. The molecule has 1 saturated heterocycles. The van der Waals surface area contributed by atoms with E-state index in [1.165, 1.54) is 26.1 Å². The number of rotatable bonds is 2. The molecule has 1 aliphatic heterocycles. The highest BCUT2D eigenvalue weighted by Gasteiger charge is 2.18. The molecule has 0 radical (unpaired) electrons. The molecule has 3 aromatic rings. The van der Waals surface area contributed by atoms with Gasteiger partial charge in [0.1, 0.15) is 11.6 Å². The molecule has 0 spiro atoms. The van der Waals surface area contributed by atoms with E-state index in [4.69, 9.17) is 21.5 Å². The third kappa shape index (κ3) is 3.54. The number of aromatic nitrogens is 6. The van der Waals surface area contributed by atoms with Gasteiger partial charge in [-0.25, -0.2) is 14.5 Å². The Morgan fingerprint density at radius 3 is 2.62 bits per heavy atom. The summed E-state index contributed by atoms with van der Waals surface area (Å²) in [5.74, 6) is 1.49. The van der Waals surface area contributed by atoms with Crippen molar-refractivity contribution in [3.05, 3.63) is 24.2 Å². The van der Waals surface area contributed by atoms with E-state index in [1.54, 1.807) is 16.9 Å². The number of methoxy groups -OCH3 is 1. The summed E-state index contributed by atoms with van der Waals surface area (Å²) in [6, 6.07) is 1.87. The molecule has 0 unspecified atom stereocenters. The Bertz CT molecular complexity index is 941. The molecule has 0 saturated carbocycles. The molecule has 1 aliphatic rings. The van der Waals surface area contributed by atoms with Crippen LogP contribution < -0.4 is 21.1 Å².